The molecule has 2 saturated heterocycles. The number of hydrogen-bond acceptors (Lipinski definition) is 11. The summed E-state index contributed by atoms with van der Waals surface area (Å²) >= 11 is 0. The molecule has 30 heavy (non-hydrogen) atoms. The first kappa shape index (κ1) is 28.0. The third kappa shape index (κ3) is 5.59. The first-order valence-electron chi connectivity index (χ1n) is 9.52. The lowest BCUT2D eigenvalue weighted by Gasteiger charge is -2.50. The smallest absolute Gasteiger partial charge is 0.373 e. The lowest BCUT2D eigenvalue weighted by atomic mass is 9.77. The molecule has 0 saturated carbocycles. The largest absolute Gasteiger partial charge is 0.467 e. The van der Waals surface area contributed by atoms with Crippen LogP contribution in [0.15, 0.2) is 0 Å². The van der Waals surface area contributed by atoms with Gasteiger partial charge in [0.1, 0.15) is 23.4 Å². The van der Waals surface area contributed by atoms with Gasteiger partial charge in [-0.2, -0.15) is 19.2 Å². The van der Waals surface area contributed by atoms with Crippen LogP contribution in [0.4, 0.5) is 0 Å². The van der Waals surface area contributed by atoms with Crippen molar-refractivity contribution in [1.82, 2.24) is 0 Å². The van der Waals surface area contributed by atoms with E-state index in [-0.39, 0.29) is 12.3 Å². The summed E-state index contributed by atoms with van der Waals surface area (Å²) in [5.74, 6) is -2.27. The van der Waals surface area contributed by atoms with Crippen LogP contribution in [0, 0.1) is 0 Å². The highest BCUT2D eigenvalue weighted by molar-refractivity contribution is 5.77. The molecule has 172 valence electrons. The fourth-order valence-electron chi connectivity index (χ4n) is 3.71. The van der Waals surface area contributed by atoms with Crippen molar-refractivity contribution in [3.05, 3.63) is 0 Å². The molecule has 2 aliphatic heterocycles. The molecule has 11 heteroatoms. The summed E-state index contributed by atoms with van der Waals surface area (Å²) in [7, 11) is 1.20. The highest BCUT2D eigenvalue weighted by Crippen LogP contribution is 2.53. The van der Waals surface area contributed by atoms with Crippen LogP contribution in [0.25, 0.3) is 0 Å². The number of methoxy groups -OCH3 is 1. The number of esters is 1. The molecule has 4 unspecified atom stereocenters. The first-order valence-corrected chi connectivity index (χ1v) is 9.52. The number of rotatable bonds is 7. The second-order valence-electron chi connectivity index (χ2n) is 7.41. The van der Waals surface area contributed by atoms with Crippen LogP contribution in [0.3, 0.4) is 0 Å². The van der Waals surface area contributed by atoms with Gasteiger partial charge in [-0.3, -0.25) is 0 Å². The molecule has 2 heterocycles. The average Bonchev–Trinajstić information content (AvgIpc) is 2.86. The maximum absolute atomic E-state index is 12.1. The predicted octanol–water partition coefficient (Wildman–Crippen LogP) is -0.290. The van der Waals surface area contributed by atoms with Gasteiger partial charge in [-0.05, 0) is 20.3 Å². The summed E-state index contributed by atoms with van der Waals surface area (Å²) in [6.07, 6.45) is 1.70. The van der Waals surface area contributed by atoms with E-state index in [1.165, 1.54) is 21.0 Å². The first-order chi connectivity index (χ1) is 14.0. The van der Waals surface area contributed by atoms with Crippen molar-refractivity contribution in [3.8, 4) is 0 Å². The van der Waals surface area contributed by atoms with E-state index in [4.69, 9.17) is 33.4 Å². The number of fused-ring (bicyclic) bond motifs is 2. The van der Waals surface area contributed by atoms with Crippen LogP contribution < -0.4 is 0 Å². The zero-order chi connectivity index (χ0) is 23.6. The van der Waals surface area contributed by atoms with Gasteiger partial charge in [0.2, 0.25) is 0 Å². The minimum absolute atomic E-state index is 0.250. The Labute approximate surface area is 174 Å². The molecule has 0 aromatic carbocycles. The minimum atomic E-state index is -1.84. The Bertz CT molecular complexity index is 610. The normalized spacial score (nSPS) is 36.2. The van der Waals surface area contributed by atoms with Crippen molar-refractivity contribution < 1.29 is 53.5 Å². The van der Waals surface area contributed by atoms with E-state index in [1.807, 2.05) is 0 Å². The van der Waals surface area contributed by atoms with Gasteiger partial charge in [-0.25, -0.2) is 4.79 Å². The maximum Gasteiger partial charge on any atom is 0.373 e. The van der Waals surface area contributed by atoms with Crippen molar-refractivity contribution in [3.63, 3.8) is 0 Å². The topological polar surface area (TPSA) is 174 Å². The molecule has 0 spiro atoms. The fourth-order valence-corrected chi connectivity index (χ4v) is 3.71. The quantitative estimate of drug-likeness (QED) is 0.355. The van der Waals surface area contributed by atoms with Gasteiger partial charge in [-0.15, -0.1) is 0 Å². The molecule has 0 radical (unpaired) electrons. The van der Waals surface area contributed by atoms with E-state index >= 15 is 0 Å². The van der Waals surface area contributed by atoms with Gasteiger partial charge in [-0.1, -0.05) is 32.6 Å². The highest BCUT2D eigenvalue weighted by Gasteiger charge is 2.74. The van der Waals surface area contributed by atoms with E-state index < -0.39 is 41.3 Å². The van der Waals surface area contributed by atoms with Crippen molar-refractivity contribution in [2.45, 2.75) is 94.6 Å². The minimum Gasteiger partial charge on any atom is -0.467 e. The van der Waals surface area contributed by atoms with Crippen molar-refractivity contribution in [2.24, 2.45) is 0 Å². The molecule has 2 aliphatic rings. The summed E-state index contributed by atoms with van der Waals surface area (Å²) in [4.78, 5) is 44.6. The maximum atomic E-state index is 12.1. The van der Waals surface area contributed by atoms with Gasteiger partial charge in [0.15, 0.2) is 11.9 Å². The third-order valence-corrected chi connectivity index (χ3v) is 5.58. The molecule has 6 atom stereocenters. The van der Waals surface area contributed by atoms with Gasteiger partial charge < -0.3 is 29.5 Å². The second-order valence-corrected chi connectivity index (χ2v) is 7.41. The number of aliphatic hydroxyl groups is 3. The Morgan fingerprint density at radius 2 is 1.50 bits per heavy atom. The van der Waals surface area contributed by atoms with Crippen LogP contribution in [-0.2, 0) is 38.2 Å². The van der Waals surface area contributed by atoms with Gasteiger partial charge in [0.05, 0.1) is 7.11 Å². The predicted molar refractivity (Wildman–Crippen MR) is 95.1 cm³/mol. The lowest BCUT2D eigenvalue weighted by molar-refractivity contribution is -0.380. The summed E-state index contributed by atoms with van der Waals surface area (Å²) in [5.41, 5.74) is -3.38. The monoisotopic (exact) mass is 434 g/mol. The Balaban J connectivity index is 0.00000125. The summed E-state index contributed by atoms with van der Waals surface area (Å²) in [5, 5.41) is 31.8. The van der Waals surface area contributed by atoms with Crippen molar-refractivity contribution in [2.75, 3.05) is 7.11 Å². The number of carbonyl (C=O) groups excluding carboxylic acids is 5. The molecule has 2 fully saturated rings. The van der Waals surface area contributed by atoms with Crippen LogP contribution in [0.1, 0.15) is 59.3 Å². The molecule has 2 bridgehead atoms. The molecule has 0 aliphatic carbocycles. The number of unbranched alkanes of at least 4 members (excludes halogenated alkanes) is 4. The van der Waals surface area contributed by atoms with Crippen LogP contribution in [0.5, 0.6) is 0 Å². The second kappa shape index (κ2) is 12.0. The number of hydrogen-bond donors (Lipinski definition) is 3. The Hall–Kier alpha value is -1.97. The SMILES string of the molecule is CCCCCCCC12OC(C(=O)OC)C(C)(O)C(C)(O1)[C@H](O)[C@H]2O.O=C=O.O=C=O. The van der Waals surface area contributed by atoms with E-state index in [2.05, 4.69) is 6.92 Å². The molecular formula is C19H30O11. The van der Waals surface area contributed by atoms with Crippen LogP contribution in [-0.4, -0.2) is 76.0 Å². The van der Waals surface area contributed by atoms with Gasteiger partial charge >= 0.3 is 18.3 Å². The summed E-state index contributed by atoms with van der Waals surface area (Å²) in [6, 6.07) is 0. The molecule has 2 rings (SSSR count). The highest BCUT2D eigenvalue weighted by atomic mass is 16.8. The van der Waals surface area contributed by atoms with Gasteiger partial charge in [0.25, 0.3) is 0 Å². The third-order valence-electron chi connectivity index (χ3n) is 5.58. The molecule has 0 amide bonds. The van der Waals surface area contributed by atoms with E-state index in [0.29, 0.717) is 6.42 Å². The molecule has 0 aromatic rings. The van der Waals surface area contributed by atoms with Gasteiger partial charge in [0, 0.05) is 6.42 Å². The number of carbonyl (C=O) groups is 1. The van der Waals surface area contributed by atoms with Crippen LogP contribution in [0.2, 0.25) is 0 Å². The van der Waals surface area contributed by atoms with Crippen LogP contribution >= 0.6 is 0 Å². The zero-order valence-corrected chi connectivity index (χ0v) is 17.6. The summed E-state index contributed by atoms with van der Waals surface area (Å²) in [6.45, 7) is 4.96. The Kier molecular flexibility index (Phi) is 11.2. The molecule has 3 N–H and O–H groups in total. The van der Waals surface area contributed by atoms with E-state index in [1.54, 1.807) is 0 Å². The summed E-state index contributed by atoms with van der Waals surface area (Å²) < 4.78 is 16.3. The Morgan fingerprint density at radius 3 is 1.97 bits per heavy atom. The zero-order valence-electron chi connectivity index (χ0n) is 17.6. The van der Waals surface area contributed by atoms with Crippen molar-refractivity contribution in [1.29, 1.82) is 0 Å². The van der Waals surface area contributed by atoms with E-state index in [9.17, 15) is 20.1 Å². The number of aliphatic hydroxyl groups excluding tert-OH is 2. The Morgan fingerprint density at radius 1 is 1.00 bits per heavy atom. The standard InChI is InChI=1S/C17H30O7.2CO2/c1-5-6-7-8-9-10-17-12(19)11(18)16(3,24-17)15(2,21)13(23-17)14(20)22-4;2*2-1-3/h11-13,18-19,21H,5-10H2,1-4H3;;/t11-,12-,13?,15?,16?,17?;;/m1../s1. The average molecular weight is 434 g/mol. The number of ether oxygens (including phenoxy) is 3. The molecule has 0 aromatic heterocycles. The van der Waals surface area contributed by atoms with E-state index in [0.717, 1.165) is 32.1 Å². The molecule has 11 nitrogen and oxygen atoms in total. The molecular weight excluding hydrogens is 404 g/mol. The van der Waals surface area contributed by atoms with Crippen molar-refractivity contribution >= 4 is 18.3 Å². The fraction of sp³-hybridized carbons (Fsp3) is 0.842. The lowest BCUT2D eigenvalue weighted by Crippen LogP contribution is -2.69.